The number of methoxy groups -OCH3 is 1. The van der Waals surface area contributed by atoms with Crippen molar-refractivity contribution in [2.24, 2.45) is 0 Å². The normalized spacial score (nSPS) is 10.2. The number of aryl methyl sites for hydroxylation is 1. The number of rotatable bonds is 4. The van der Waals surface area contributed by atoms with Gasteiger partial charge in [0.1, 0.15) is 16.0 Å². The summed E-state index contributed by atoms with van der Waals surface area (Å²) >= 11 is 7.41. The van der Waals surface area contributed by atoms with Crippen LogP contribution >= 0.6 is 23.4 Å². The molecule has 0 aliphatic carbocycles. The highest BCUT2D eigenvalue weighted by Gasteiger charge is 2.09. The maximum atomic E-state index is 10.9. The maximum absolute atomic E-state index is 10.9. The molecule has 0 saturated heterocycles. The summed E-state index contributed by atoms with van der Waals surface area (Å²) in [6.45, 7) is 3.65. The van der Waals surface area contributed by atoms with Crippen molar-refractivity contribution in [2.45, 2.75) is 25.3 Å². The van der Waals surface area contributed by atoms with Crippen molar-refractivity contribution in [3.05, 3.63) is 16.5 Å². The summed E-state index contributed by atoms with van der Waals surface area (Å²) in [7, 11) is 1.38. The van der Waals surface area contributed by atoms with Gasteiger partial charge in [-0.1, -0.05) is 11.6 Å². The molecule has 0 aliphatic heterocycles. The smallest absolute Gasteiger partial charge is 0.306 e. The third kappa shape index (κ3) is 3.64. The molecule has 1 aromatic rings. The van der Waals surface area contributed by atoms with Crippen LogP contribution in [0.5, 0.6) is 0 Å². The largest absolute Gasteiger partial charge is 0.469 e. The van der Waals surface area contributed by atoms with Crippen LogP contribution in [0.4, 0.5) is 0 Å². The van der Waals surface area contributed by atoms with Crippen LogP contribution in [-0.4, -0.2) is 28.8 Å². The third-order valence-electron chi connectivity index (χ3n) is 1.93. The molecule has 6 heteroatoms. The molecular weight excluding hydrogens is 248 g/mol. The lowest BCUT2D eigenvalue weighted by molar-refractivity contribution is -0.140. The van der Waals surface area contributed by atoms with Gasteiger partial charge in [-0.2, -0.15) is 0 Å². The molecule has 0 atom stereocenters. The molecule has 0 aromatic carbocycles. The Bertz CT molecular complexity index is 399. The van der Waals surface area contributed by atoms with Gasteiger partial charge in [0.2, 0.25) is 0 Å². The summed E-state index contributed by atoms with van der Waals surface area (Å²) in [5, 5.41) is 1.29. The second kappa shape index (κ2) is 6.06. The standard InChI is InChI=1S/C10H13ClN2O2S/c1-6-9(11)12-7(2)13-10(6)16-5-4-8(14)15-3/h4-5H2,1-3H3. The van der Waals surface area contributed by atoms with E-state index in [0.29, 0.717) is 23.2 Å². The van der Waals surface area contributed by atoms with E-state index in [1.54, 1.807) is 6.92 Å². The van der Waals surface area contributed by atoms with Crippen molar-refractivity contribution in [2.75, 3.05) is 12.9 Å². The van der Waals surface area contributed by atoms with Crippen LogP contribution < -0.4 is 0 Å². The van der Waals surface area contributed by atoms with E-state index >= 15 is 0 Å². The summed E-state index contributed by atoms with van der Waals surface area (Å²) in [5.41, 5.74) is 0.849. The average molecular weight is 261 g/mol. The van der Waals surface area contributed by atoms with E-state index in [9.17, 15) is 4.79 Å². The molecule has 0 unspecified atom stereocenters. The topological polar surface area (TPSA) is 52.1 Å². The predicted octanol–water partition coefficient (Wildman–Crippen LogP) is 2.40. The monoisotopic (exact) mass is 260 g/mol. The first kappa shape index (κ1) is 13.3. The molecule has 4 nitrogen and oxygen atoms in total. The third-order valence-corrected chi connectivity index (χ3v) is 3.37. The van der Waals surface area contributed by atoms with Crippen LogP contribution in [0, 0.1) is 13.8 Å². The number of ether oxygens (including phenoxy) is 1. The Balaban J connectivity index is 2.63. The Hall–Kier alpha value is -0.810. The van der Waals surface area contributed by atoms with Crippen LogP contribution in [0.25, 0.3) is 0 Å². The predicted molar refractivity (Wildman–Crippen MR) is 63.9 cm³/mol. The number of esters is 1. The molecule has 0 radical (unpaired) electrons. The highest BCUT2D eigenvalue weighted by Crippen LogP contribution is 2.25. The lowest BCUT2D eigenvalue weighted by Gasteiger charge is -2.06. The fraction of sp³-hybridized carbons (Fsp3) is 0.500. The van der Waals surface area contributed by atoms with E-state index in [-0.39, 0.29) is 5.97 Å². The Morgan fingerprint density at radius 2 is 2.12 bits per heavy atom. The van der Waals surface area contributed by atoms with Crippen molar-refractivity contribution in [1.82, 2.24) is 9.97 Å². The van der Waals surface area contributed by atoms with Gasteiger partial charge in [-0.15, -0.1) is 11.8 Å². The zero-order chi connectivity index (χ0) is 12.1. The number of nitrogens with zero attached hydrogens (tertiary/aromatic N) is 2. The number of hydrogen-bond acceptors (Lipinski definition) is 5. The highest BCUT2D eigenvalue weighted by molar-refractivity contribution is 7.99. The maximum Gasteiger partial charge on any atom is 0.306 e. The van der Waals surface area contributed by atoms with Crippen LogP contribution in [0.1, 0.15) is 17.8 Å². The minimum atomic E-state index is -0.220. The second-order valence-electron chi connectivity index (χ2n) is 3.17. The fourth-order valence-corrected chi connectivity index (χ4v) is 2.28. The van der Waals surface area contributed by atoms with Crippen molar-refractivity contribution >= 4 is 29.3 Å². The molecule has 0 amide bonds. The van der Waals surface area contributed by atoms with Crippen LogP contribution in [0.3, 0.4) is 0 Å². The van der Waals surface area contributed by atoms with E-state index in [1.807, 2.05) is 6.92 Å². The molecule has 1 aromatic heterocycles. The number of hydrogen-bond donors (Lipinski definition) is 0. The van der Waals surface area contributed by atoms with Gasteiger partial charge in [-0.3, -0.25) is 4.79 Å². The Kier molecular flexibility index (Phi) is 5.02. The molecule has 0 saturated carbocycles. The second-order valence-corrected chi connectivity index (χ2v) is 4.61. The van der Waals surface area contributed by atoms with Crippen LogP contribution in [-0.2, 0) is 9.53 Å². The van der Waals surface area contributed by atoms with Gasteiger partial charge in [0.25, 0.3) is 0 Å². The Morgan fingerprint density at radius 1 is 1.44 bits per heavy atom. The van der Waals surface area contributed by atoms with Crippen molar-refractivity contribution < 1.29 is 9.53 Å². The molecule has 16 heavy (non-hydrogen) atoms. The van der Waals surface area contributed by atoms with E-state index in [0.717, 1.165) is 10.6 Å². The van der Waals surface area contributed by atoms with Gasteiger partial charge >= 0.3 is 5.97 Å². The van der Waals surface area contributed by atoms with Gasteiger partial charge in [0, 0.05) is 11.3 Å². The number of halogens is 1. The molecule has 88 valence electrons. The summed E-state index contributed by atoms with van der Waals surface area (Å²) in [5.74, 6) is 1.04. The molecule has 1 rings (SSSR count). The number of carbonyl (C=O) groups excluding carboxylic acids is 1. The van der Waals surface area contributed by atoms with Gasteiger partial charge in [-0.25, -0.2) is 9.97 Å². The fourth-order valence-electron chi connectivity index (χ4n) is 1.04. The molecule has 0 bridgehead atoms. The first-order chi connectivity index (χ1) is 7.54. The first-order valence-electron chi connectivity index (χ1n) is 4.75. The van der Waals surface area contributed by atoms with Gasteiger partial charge in [-0.05, 0) is 13.8 Å². The lowest BCUT2D eigenvalue weighted by atomic mass is 10.4. The van der Waals surface area contributed by atoms with Crippen molar-refractivity contribution in [3.63, 3.8) is 0 Å². The summed E-state index contributed by atoms with van der Waals surface area (Å²) in [6.07, 6.45) is 0.362. The van der Waals surface area contributed by atoms with E-state index in [4.69, 9.17) is 11.6 Å². The SMILES string of the molecule is COC(=O)CCSc1nc(C)nc(Cl)c1C. The van der Waals surface area contributed by atoms with E-state index < -0.39 is 0 Å². The summed E-state index contributed by atoms with van der Waals surface area (Å²) in [4.78, 5) is 19.2. The minimum Gasteiger partial charge on any atom is -0.469 e. The number of thioether (sulfide) groups is 1. The first-order valence-corrected chi connectivity index (χ1v) is 6.11. The van der Waals surface area contributed by atoms with Gasteiger partial charge < -0.3 is 4.74 Å². The molecule has 0 N–H and O–H groups in total. The van der Waals surface area contributed by atoms with Crippen LogP contribution in [0.2, 0.25) is 5.15 Å². The summed E-state index contributed by atoms with van der Waals surface area (Å²) < 4.78 is 4.55. The lowest BCUT2D eigenvalue weighted by Crippen LogP contribution is -2.02. The number of carbonyl (C=O) groups is 1. The van der Waals surface area contributed by atoms with Gasteiger partial charge in [0.15, 0.2) is 0 Å². The Morgan fingerprint density at radius 3 is 2.75 bits per heavy atom. The average Bonchev–Trinajstić information content (AvgIpc) is 2.24. The molecule has 0 aliphatic rings. The molecular formula is C10H13ClN2O2S. The molecule has 0 fully saturated rings. The van der Waals surface area contributed by atoms with E-state index in [1.165, 1.54) is 18.9 Å². The van der Waals surface area contributed by atoms with E-state index in [2.05, 4.69) is 14.7 Å². The minimum absolute atomic E-state index is 0.220. The Labute approximate surface area is 104 Å². The molecule has 0 spiro atoms. The van der Waals surface area contributed by atoms with Crippen LogP contribution in [0.15, 0.2) is 5.03 Å². The van der Waals surface area contributed by atoms with Crippen molar-refractivity contribution in [1.29, 1.82) is 0 Å². The summed E-state index contributed by atoms with van der Waals surface area (Å²) in [6, 6.07) is 0. The van der Waals surface area contributed by atoms with Gasteiger partial charge in [0.05, 0.1) is 13.5 Å². The number of aromatic nitrogens is 2. The van der Waals surface area contributed by atoms with Crippen molar-refractivity contribution in [3.8, 4) is 0 Å². The quantitative estimate of drug-likeness (QED) is 0.473. The highest BCUT2D eigenvalue weighted by atomic mass is 35.5. The zero-order valence-corrected chi connectivity index (χ0v) is 11.0. The molecule has 1 heterocycles. The zero-order valence-electron chi connectivity index (χ0n) is 9.41.